The van der Waals surface area contributed by atoms with Crippen LogP contribution in [0.3, 0.4) is 0 Å². The first-order chi connectivity index (χ1) is 16.3. The predicted octanol–water partition coefficient (Wildman–Crippen LogP) is 3.95. The van der Waals surface area contributed by atoms with Crippen molar-refractivity contribution in [3.8, 4) is 17.6 Å². The number of sulfonamides is 1. The molecule has 190 valence electrons. The molecule has 0 radical (unpaired) electrons. The summed E-state index contributed by atoms with van der Waals surface area (Å²) in [5, 5.41) is 8.90. The molecule has 1 aliphatic heterocycles. The van der Waals surface area contributed by atoms with Crippen LogP contribution in [0.5, 0.6) is 11.5 Å². The minimum absolute atomic E-state index is 0.0469. The summed E-state index contributed by atoms with van der Waals surface area (Å²) in [5.74, 6) is -1.15. The minimum atomic E-state index is -4.76. The highest BCUT2D eigenvalue weighted by molar-refractivity contribution is 7.89. The Morgan fingerprint density at radius 1 is 0.857 bits per heavy atom. The molecule has 1 heterocycles. The summed E-state index contributed by atoms with van der Waals surface area (Å²) in [5.41, 5.74) is 1.20. The van der Waals surface area contributed by atoms with Crippen molar-refractivity contribution in [1.29, 1.82) is 5.26 Å². The molecule has 0 aliphatic carbocycles. The number of hydrogen-bond donors (Lipinski definition) is 0. The van der Waals surface area contributed by atoms with Gasteiger partial charge >= 0.3 is 12.4 Å². The van der Waals surface area contributed by atoms with Gasteiger partial charge in [-0.15, -0.1) is 0 Å². The fourth-order valence-corrected chi connectivity index (χ4v) is 4.86. The van der Waals surface area contributed by atoms with E-state index in [9.17, 15) is 34.8 Å². The van der Waals surface area contributed by atoms with Crippen molar-refractivity contribution >= 4 is 15.7 Å². The Hall–Kier alpha value is -3.18. The molecular weight excluding hydrogens is 504 g/mol. The van der Waals surface area contributed by atoms with Gasteiger partial charge in [-0.2, -0.15) is 35.9 Å². The Morgan fingerprint density at radius 3 is 1.97 bits per heavy atom. The van der Waals surface area contributed by atoms with Crippen LogP contribution in [-0.2, 0) is 10.0 Å². The molecule has 0 bridgehead atoms. The van der Waals surface area contributed by atoms with E-state index in [-0.39, 0.29) is 26.2 Å². The van der Waals surface area contributed by atoms with Crippen molar-refractivity contribution in [3.05, 3.63) is 48.0 Å². The van der Waals surface area contributed by atoms with E-state index < -0.39 is 52.0 Å². The largest absolute Gasteiger partial charge is 0.484 e. The Bertz CT molecular complexity index is 1170. The maximum absolute atomic E-state index is 13.2. The zero-order valence-corrected chi connectivity index (χ0v) is 18.8. The van der Waals surface area contributed by atoms with E-state index in [1.807, 2.05) is 11.0 Å². The average Bonchev–Trinajstić information content (AvgIpc) is 2.81. The molecule has 1 saturated heterocycles. The highest BCUT2D eigenvalue weighted by Crippen LogP contribution is 2.33. The molecule has 0 atom stereocenters. The SMILES string of the molecule is N#Cc1ccc(N2CCN(S(=O)(=O)c3cc(OCC(F)(F)F)ccc3OCC(F)(F)F)CC2)cc1. The molecule has 0 aromatic heterocycles. The number of hydrogen-bond acceptors (Lipinski definition) is 6. The fourth-order valence-electron chi connectivity index (χ4n) is 3.30. The topological polar surface area (TPSA) is 82.9 Å². The van der Waals surface area contributed by atoms with Gasteiger partial charge in [-0.25, -0.2) is 8.42 Å². The lowest BCUT2D eigenvalue weighted by atomic mass is 10.2. The van der Waals surface area contributed by atoms with Gasteiger partial charge in [0.1, 0.15) is 16.4 Å². The van der Waals surface area contributed by atoms with Gasteiger partial charge in [-0.3, -0.25) is 0 Å². The molecule has 0 N–H and O–H groups in total. The highest BCUT2D eigenvalue weighted by Gasteiger charge is 2.34. The second kappa shape index (κ2) is 10.2. The lowest BCUT2D eigenvalue weighted by Crippen LogP contribution is -2.48. The van der Waals surface area contributed by atoms with Crippen molar-refractivity contribution in [2.45, 2.75) is 17.2 Å². The lowest BCUT2D eigenvalue weighted by Gasteiger charge is -2.35. The van der Waals surface area contributed by atoms with E-state index in [0.717, 1.165) is 28.2 Å². The number of nitrogens with zero attached hydrogens (tertiary/aromatic N) is 3. The second-order valence-electron chi connectivity index (χ2n) is 7.47. The number of halogens is 6. The van der Waals surface area contributed by atoms with Crippen LogP contribution in [-0.4, -0.2) is 64.5 Å². The Balaban J connectivity index is 1.82. The van der Waals surface area contributed by atoms with E-state index in [2.05, 4.69) is 9.47 Å². The summed E-state index contributed by atoms with van der Waals surface area (Å²) in [4.78, 5) is 1.13. The minimum Gasteiger partial charge on any atom is -0.484 e. The molecule has 1 fully saturated rings. The van der Waals surface area contributed by atoms with Crippen LogP contribution in [0.1, 0.15) is 5.56 Å². The van der Waals surface area contributed by atoms with Crippen molar-refractivity contribution in [1.82, 2.24) is 4.31 Å². The normalized spacial score (nSPS) is 15.5. The molecule has 7 nitrogen and oxygen atoms in total. The summed E-state index contributed by atoms with van der Waals surface area (Å²) >= 11 is 0. The van der Waals surface area contributed by atoms with Gasteiger partial charge in [0.05, 0.1) is 11.6 Å². The van der Waals surface area contributed by atoms with Crippen LogP contribution >= 0.6 is 0 Å². The van der Waals surface area contributed by atoms with Crippen LogP contribution < -0.4 is 14.4 Å². The molecule has 0 saturated carbocycles. The van der Waals surface area contributed by atoms with E-state index in [0.29, 0.717) is 5.56 Å². The van der Waals surface area contributed by atoms with E-state index >= 15 is 0 Å². The Labute approximate surface area is 197 Å². The quantitative estimate of drug-likeness (QED) is 0.512. The van der Waals surface area contributed by atoms with Gasteiger partial charge in [0.15, 0.2) is 13.2 Å². The van der Waals surface area contributed by atoms with Crippen LogP contribution in [0.2, 0.25) is 0 Å². The van der Waals surface area contributed by atoms with Gasteiger partial charge in [0, 0.05) is 37.9 Å². The first kappa shape index (κ1) is 26.4. The third kappa shape index (κ3) is 7.15. The first-order valence-corrected chi connectivity index (χ1v) is 11.5. The second-order valence-corrected chi connectivity index (χ2v) is 9.37. The lowest BCUT2D eigenvalue weighted by molar-refractivity contribution is -0.154. The van der Waals surface area contributed by atoms with Crippen LogP contribution in [0, 0.1) is 11.3 Å². The number of alkyl halides is 6. The van der Waals surface area contributed by atoms with Crippen molar-refractivity contribution in [2.24, 2.45) is 0 Å². The van der Waals surface area contributed by atoms with Gasteiger partial charge in [-0.05, 0) is 36.4 Å². The summed E-state index contributed by atoms with van der Waals surface area (Å²) < 4.78 is 112. The van der Waals surface area contributed by atoms with Crippen LogP contribution in [0.4, 0.5) is 32.0 Å². The van der Waals surface area contributed by atoms with Gasteiger partial charge in [-0.1, -0.05) is 0 Å². The summed E-state index contributed by atoms with van der Waals surface area (Å²) in [6.45, 7) is -3.13. The first-order valence-electron chi connectivity index (χ1n) is 10.1. The van der Waals surface area contributed by atoms with Crippen molar-refractivity contribution in [2.75, 3.05) is 44.3 Å². The number of ether oxygens (including phenoxy) is 2. The van der Waals surface area contributed by atoms with E-state index in [4.69, 9.17) is 5.26 Å². The number of nitriles is 1. The third-order valence-electron chi connectivity index (χ3n) is 4.93. The number of piperazine rings is 1. The van der Waals surface area contributed by atoms with Crippen molar-refractivity contribution < 1.29 is 44.2 Å². The molecule has 0 amide bonds. The molecule has 35 heavy (non-hydrogen) atoms. The summed E-state index contributed by atoms with van der Waals surface area (Å²) in [6, 6.07) is 11.1. The molecule has 14 heteroatoms. The molecule has 1 aliphatic rings. The number of benzene rings is 2. The maximum Gasteiger partial charge on any atom is 0.422 e. The molecular formula is C21H19F6N3O4S. The van der Waals surface area contributed by atoms with Crippen LogP contribution in [0.15, 0.2) is 47.4 Å². The standard InChI is InChI=1S/C21H19F6N3O4S/c22-20(23,24)13-33-17-5-6-18(34-14-21(25,26)27)19(11-17)35(31,32)30-9-7-29(8-10-30)16-3-1-15(12-28)2-4-16/h1-6,11H,7-10,13-14H2. The summed E-state index contributed by atoms with van der Waals surface area (Å²) in [6.07, 6.45) is -9.47. The van der Waals surface area contributed by atoms with Gasteiger partial charge < -0.3 is 14.4 Å². The van der Waals surface area contributed by atoms with E-state index in [1.165, 1.54) is 0 Å². The molecule has 0 spiro atoms. The summed E-state index contributed by atoms with van der Waals surface area (Å²) in [7, 11) is -4.44. The molecule has 0 unspecified atom stereocenters. The smallest absolute Gasteiger partial charge is 0.422 e. The maximum atomic E-state index is 13.2. The number of anilines is 1. The zero-order chi connectivity index (χ0) is 25.9. The Kier molecular flexibility index (Phi) is 7.71. The Morgan fingerprint density at radius 2 is 1.43 bits per heavy atom. The molecule has 3 rings (SSSR count). The predicted molar refractivity (Wildman–Crippen MR) is 112 cm³/mol. The van der Waals surface area contributed by atoms with Crippen LogP contribution in [0.25, 0.3) is 0 Å². The molecule has 2 aromatic rings. The number of rotatable bonds is 7. The average molecular weight is 523 g/mol. The van der Waals surface area contributed by atoms with Crippen molar-refractivity contribution in [3.63, 3.8) is 0 Å². The fraction of sp³-hybridized carbons (Fsp3) is 0.381. The highest BCUT2D eigenvalue weighted by atomic mass is 32.2. The monoisotopic (exact) mass is 523 g/mol. The zero-order valence-electron chi connectivity index (χ0n) is 17.9. The van der Waals surface area contributed by atoms with E-state index in [1.54, 1.807) is 24.3 Å². The third-order valence-corrected chi connectivity index (χ3v) is 6.85. The molecule has 2 aromatic carbocycles. The van der Waals surface area contributed by atoms with Gasteiger partial charge in [0.2, 0.25) is 10.0 Å². The van der Waals surface area contributed by atoms with Gasteiger partial charge in [0.25, 0.3) is 0 Å².